The van der Waals surface area contributed by atoms with Crippen LogP contribution in [0, 0.1) is 17.0 Å². The van der Waals surface area contributed by atoms with Gasteiger partial charge in [-0.25, -0.2) is 0 Å². The van der Waals surface area contributed by atoms with Crippen LogP contribution in [0.25, 0.3) is 11.3 Å². The van der Waals surface area contributed by atoms with Gasteiger partial charge in [0.15, 0.2) is 11.5 Å². The molecule has 0 aliphatic carbocycles. The minimum atomic E-state index is -0.444. The number of halogens is 1. The van der Waals surface area contributed by atoms with Gasteiger partial charge in [0.25, 0.3) is 5.69 Å². The first-order valence-corrected chi connectivity index (χ1v) is 6.25. The molecule has 0 amide bonds. The number of ketones is 1. The fourth-order valence-electron chi connectivity index (χ4n) is 1.72. The molecule has 98 valence electrons. The molecule has 0 radical (unpaired) electrons. The molecule has 1 heterocycles. The van der Waals surface area contributed by atoms with Gasteiger partial charge in [0, 0.05) is 28.6 Å². The summed E-state index contributed by atoms with van der Waals surface area (Å²) in [6, 6.07) is 6.26. The zero-order valence-corrected chi connectivity index (χ0v) is 11.9. The first-order valence-electron chi connectivity index (χ1n) is 5.46. The lowest BCUT2D eigenvalue weighted by Gasteiger charge is -2.04. The van der Waals surface area contributed by atoms with E-state index >= 15 is 0 Å². The van der Waals surface area contributed by atoms with E-state index in [0.29, 0.717) is 21.4 Å². The highest BCUT2D eigenvalue weighted by atomic mass is 79.9. The van der Waals surface area contributed by atoms with Crippen LogP contribution < -0.4 is 0 Å². The zero-order chi connectivity index (χ0) is 14.2. The molecule has 0 spiro atoms. The lowest BCUT2D eigenvalue weighted by Crippen LogP contribution is -1.93. The Bertz CT molecular complexity index is 675. The van der Waals surface area contributed by atoms with Gasteiger partial charge in [-0.3, -0.25) is 14.9 Å². The Hall–Kier alpha value is -1.95. The summed E-state index contributed by atoms with van der Waals surface area (Å²) in [7, 11) is 0. The van der Waals surface area contributed by atoms with Crippen LogP contribution in [0.1, 0.15) is 23.0 Å². The minimum Gasteiger partial charge on any atom is -0.453 e. The predicted molar refractivity (Wildman–Crippen MR) is 73.2 cm³/mol. The van der Waals surface area contributed by atoms with Crippen molar-refractivity contribution >= 4 is 27.4 Å². The Kier molecular flexibility index (Phi) is 3.53. The first-order chi connectivity index (χ1) is 8.90. The smallest absolute Gasteiger partial charge is 0.273 e. The zero-order valence-electron chi connectivity index (χ0n) is 10.3. The number of hydrogen-bond acceptors (Lipinski definition) is 4. The summed E-state index contributed by atoms with van der Waals surface area (Å²) in [6.45, 7) is 3.06. The van der Waals surface area contributed by atoms with E-state index in [9.17, 15) is 14.9 Å². The van der Waals surface area contributed by atoms with Crippen LogP contribution in [0.5, 0.6) is 0 Å². The highest BCUT2D eigenvalue weighted by Gasteiger charge is 2.18. The number of benzene rings is 1. The van der Waals surface area contributed by atoms with Crippen LogP contribution in [0.3, 0.4) is 0 Å². The molecule has 0 aliphatic heterocycles. The molecule has 2 aromatic rings. The van der Waals surface area contributed by atoms with Gasteiger partial charge >= 0.3 is 0 Å². The van der Waals surface area contributed by atoms with Crippen LogP contribution in [0.4, 0.5) is 5.69 Å². The highest BCUT2D eigenvalue weighted by Crippen LogP contribution is 2.35. The topological polar surface area (TPSA) is 73.3 Å². The highest BCUT2D eigenvalue weighted by molar-refractivity contribution is 9.10. The molecule has 1 aromatic heterocycles. The average Bonchev–Trinajstić information content (AvgIpc) is 2.77. The maximum Gasteiger partial charge on any atom is 0.273 e. The molecule has 5 nitrogen and oxygen atoms in total. The lowest BCUT2D eigenvalue weighted by atomic mass is 10.1. The van der Waals surface area contributed by atoms with E-state index in [2.05, 4.69) is 15.9 Å². The van der Waals surface area contributed by atoms with Crippen molar-refractivity contribution in [1.82, 2.24) is 0 Å². The van der Waals surface area contributed by atoms with E-state index in [-0.39, 0.29) is 17.2 Å². The Morgan fingerprint density at radius 2 is 2.05 bits per heavy atom. The molecule has 19 heavy (non-hydrogen) atoms. The summed E-state index contributed by atoms with van der Waals surface area (Å²) in [5, 5.41) is 10.9. The van der Waals surface area contributed by atoms with Crippen molar-refractivity contribution < 1.29 is 14.1 Å². The molecule has 0 saturated carbocycles. The third-order valence-corrected chi connectivity index (χ3v) is 3.36. The molecular weight excluding hydrogens is 314 g/mol. The quantitative estimate of drug-likeness (QED) is 0.483. The first kappa shape index (κ1) is 13.5. The number of carbonyl (C=O) groups excluding carboxylic acids is 1. The third-order valence-electron chi connectivity index (χ3n) is 2.70. The Labute approximate surface area is 117 Å². The lowest BCUT2D eigenvalue weighted by molar-refractivity contribution is -0.385. The van der Waals surface area contributed by atoms with Crippen LogP contribution in [-0.4, -0.2) is 10.7 Å². The Morgan fingerprint density at radius 1 is 1.37 bits per heavy atom. The average molecular weight is 324 g/mol. The molecule has 1 aromatic carbocycles. The second-order valence-electron chi connectivity index (χ2n) is 4.10. The summed E-state index contributed by atoms with van der Waals surface area (Å²) < 4.78 is 6.07. The fraction of sp³-hybridized carbons (Fsp3) is 0.154. The van der Waals surface area contributed by atoms with Crippen molar-refractivity contribution in [2.24, 2.45) is 0 Å². The number of nitro benzene ring substituents is 1. The Balaban J connectivity index is 2.57. The maximum atomic E-state index is 11.2. The van der Waals surface area contributed by atoms with Crippen molar-refractivity contribution in [3.05, 3.63) is 50.2 Å². The van der Waals surface area contributed by atoms with Crippen molar-refractivity contribution in [3.8, 4) is 11.3 Å². The summed E-state index contributed by atoms with van der Waals surface area (Å²) in [5.74, 6) is 0.453. The molecule has 0 aliphatic rings. The molecule has 0 atom stereocenters. The molecule has 6 heteroatoms. The summed E-state index contributed by atoms with van der Waals surface area (Å²) >= 11 is 3.35. The van der Waals surface area contributed by atoms with Crippen LogP contribution in [0.15, 0.2) is 33.2 Å². The molecule has 0 N–H and O–H groups in total. The molecule has 0 unspecified atom stereocenters. The predicted octanol–water partition coefficient (Wildman–Crippen LogP) is 4.13. The van der Waals surface area contributed by atoms with E-state index in [0.717, 1.165) is 0 Å². The largest absolute Gasteiger partial charge is 0.453 e. The van der Waals surface area contributed by atoms with E-state index < -0.39 is 4.92 Å². The van der Waals surface area contributed by atoms with Gasteiger partial charge in [-0.05, 0) is 25.1 Å². The number of carbonyl (C=O) groups is 1. The van der Waals surface area contributed by atoms with E-state index in [1.807, 2.05) is 0 Å². The van der Waals surface area contributed by atoms with Gasteiger partial charge in [0.05, 0.1) is 4.92 Å². The summed E-state index contributed by atoms with van der Waals surface area (Å²) in [4.78, 5) is 21.7. The monoisotopic (exact) mass is 323 g/mol. The SMILES string of the molecule is CC(=O)c1ccc(-c2cc([N+](=O)[O-])c(C)cc2Br)o1. The standard InChI is InChI=1S/C13H10BrNO4/c1-7-5-10(14)9(6-11(7)15(17)18)13-4-3-12(19-13)8(2)16/h3-6H,1-2H3. The second kappa shape index (κ2) is 4.97. The van der Waals surface area contributed by atoms with Gasteiger partial charge in [0.2, 0.25) is 0 Å². The summed E-state index contributed by atoms with van der Waals surface area (Å²) in [6.07, 6.45) is 0. The number of nitrogens with zero attached hydrogens (tertiary/aromatic N) is 1. The molecule has 0 fully saturated rings. The fourth-order valence-corrected chi connectivity index (χ4v) is 2.37. The van der Waals surface area contributed by atoms with Crippen molar-refractivity contribution in [3.63, 3.8) is 0 Å². The number of hydrogen-bond donors (Lipinski definition) is 0. The number of aryl methyl sites for hydroxylation is 1. The van der Waals surface area contributed by atoms with Gasteiger partial charge in [0.1, 0.15) is 5.76 Å². The van der Waals surface area contributed by atoms with Crippen molar-refractivity contribution in [2.75, 3.05) is 0 Å². The molecule has 2 rings (SSSR count). The van der Waals surface area contributed by atoms with Crippen molar-refractivity contribution in [1.29, 1.82) is 0 Å². The normalized spacial score (nSPS) is 10.5. The molecular formula is C13H10BrNO4. The van der Waals surface area contributed by atoms with Gasteiger partial charge in [-0.2, -0.15) is 0 Å². The number of rotatable bonds is 3. The molecule has 0 bridgehead atoms. The van der Waals surface area contributed by atoms with Gasteiger partial charge < -0.3 is 4.42 Å². The van der Waals surface area contributed by atoms with Crippen LogP contribution in [0.2, 0.25) is 0 Å². The molecule has 0 saturated heterocycles. The van der Waals surface area contributed by atoms with Crippen molar-refractivity contribution in [2.45, 2.75) is 13.8 Å². The van der Waals surface area contributed by atoms with Crippen LogP contribution in [-0.2, 0) is 0 Å². The number of furan rings is 1. The second-order valence-corrected chi connectivity index (χ2v) is 4.95. The van der Waals surface area contributed by atoms with E-state index in [4.69, 9.17) is 4.42 Å². The summed E-state index contributed by atoms with van der Waals surface area (Å²) in [5.41, 5.74) is 1.11. The van der Waals surface area contributed by atoms with E-state index in [1.165, 1.54) is 13.0 Å². The van der Waals surface area contributed by atoms with Crippen LogP contribution >= 0.6 is 15.9 Å². The van der Waals surface area contributed by atoms with Gasteiger partial charge in [-0.1, -0.05) is 15.9 Å². The Morgan fingerprint density at radius 3 is 2.58 bits per heavy atom. The number of nitro groups is 1. The number of Topliss-reactive ketones (excluding diaryl/α,β-unsaturated/α-hetero) is 1. The van der Waals surface area contributed by atoms with Gasteiger partial charge in [-0.15, -0.1) is 0 Å². The maximum absolute atomic E-state index is 11.2. The third kappa shape index (κ3) is 2.58. The minimum absolute atomic E-state index is 0.0129. The van der Waals surface area contributed by atoms with E-state index in [1.54, 1.807) is 25.1 Å².